The van der Waals surface area contributed by atoms with E-state index < -0.39 is 0 Å². The summed E-state index contributed by atoms with van der Waals surface area (Å²) in [6, 6.07) is 7.69. The number of benzene rings is 1. The standard InChI is InChI=1S/C15H21NO2/c1-4-5-15(18)16-14-8-6-13(7-9-14)10-11(2)12(3)17/h6-9,11H,4-5,10H2,1-3H3,(H,16,18)/t11-/m0/s1. The van der Waals surface area contributed by atoms with Crippen molar-refractivity contribution in [1.29, 1.82) is 0 Å². The van der Waals surface area contributed by atoms with Crippen LogP contribution >= 0.6 is 0 Å². The molecule has 1 N–H and O–H groups in total. The molecule has 0 bridgehead atoms. The van der Waals surface area contributed by atoms with Gasteiger partial charge in [0, 0.05) is 18.0 Å². The molecule has 0 aliphatic carbocycles. The van der Waals surface area contributed by atoms with E-state index in [1.165, 1.54) is 0 Å². The van der Waals surface area contributed by atoms with Gasteiger partial charge in [-0.2, -0.15) is 0 Å². The number of carbonyl (C=O) groups excluding carboxylic acids is 2. The summed E-state index contributed by atoms with van der Waals surface area (Å²) >= 11 is 0. The average Bonchev–Trinajstić information content (AvgIpc) is 2.31. The van der Waals surface area contributed by atoms with E-state index >= 15 is 0 Å². The summed E-state index contributed by atoms with van der Waals surface area (Å²) < 4.78 is 0. The normalized spacial score (nSPS) is 11.9. The van der Waals surface area contributed by atoms with Gasteiger partial charge in [0.15, 0.2) is 0 Å². The van der Waals surface area contributed by atoms with Crippen LogP contribution < -0.4 is 5.32 Å². The molecule has 0 spiro atoms. The molecule has 1 aromatic rings. The van der Waals surface area contributed by atoms with Crippen molar-refractivity contribution in [2.45, 2.75) is 40.0 Å². The fraction of sp³-hybridized carbons (Fsp3) is 0.467. The lowest BCUT2D eigenvalue weighted by Gasteiger charge is -2.09. The van der Waals surface area contributed by atoms with Crippen LogP contribution in [-0.4, -0.2) is 11.7 Å². The zero-order chi connectivity index (χ0) is 13.5. The molecule has 1 rings (SSSR count). The van der Waals surface area contributed by atoms with Crippen LogP contribution in [0.3, 0.4) is 0 Å². The van der Waals surface area contributed by atoms with E-state index in [4.69, 9.17) is 0 Å². The first-order valence-corrected chi connectivity index (χ1v) is 6.42. The van der Waals surface area contributed by atoms with Gasteiger partial charge in [0.2, 0.25) is 5.91 Å². The largest absolute Gasteiger partial charge is 0.326 e. The molecule has 1 atom stereocenters. The van der Waals surface area contributed by atoms with Crippen molar-refractivity contribution in [2.75, 3.05) is 5.32 Å². The second kappa shape index (κ2) is 6.94. The molecule has 0 heterocycles. The van der Waals surface area contributed by atoms with E-state index in [-0.39, 0.29) is 17.6 Å². The number of amides is 1. The molecule has 0 saturated heterocycles. The summed E-state index contributed by atoms with van der Waals surface area (Å²) in [6.07, 6.45) is 2.14. The number of Topliss-reactive ketones (excluding diaryl/α,β-unsaturated/α-hetero) is 1. The molecule has 0 saturated carbocycles. The van der Waals surface area contributed by atoms with Crippen molar-refractivity contribution >= 4 is 17.4 Å². The van der Waals surface area contributed by atoms with E-state index in [9.17, 15) is 9.59 Å². The van der Waals surface area contributed by atoms with Crippen molar-refractivity contribution in [2.24, 2.45) is 5.92 Å². The lowest BCUT2D eigenvalue weighted by molar-refractivity contribution is -0.120. The van der Waals surface area contributed by atoms with E-state index in [0.29, 0.717) is 6.42 Å². The second-order valence-electron chi connectivity index (χ2n) is 4.71. The van der Waals surface area contributed by atoms with E-state index in [2.05, 4.69) is 5.32 Å². The fourth-order valence-electron chi connectivity index (χ4n) is 1.67. The zero-order valence-electron chi connectivity index (χ0n) is 11.3. The monoisotopic (exact) mass is 247 g/mol. The Morgan fingerprint density at radius 3 is 2.33 bits per heavy atom. The molecule has 0 aromatic heterocycles. The Kier molecular flexibility index (Phi) is 5.56. The maximum absolute atomic E-state index is 11.4. The quantitative estimate of drug-likeness (QED) is 0.839. The Labute approximate surface area is 109 Å². The van der Waals surface area contributed by atoms with Gasteiger partial charge in [-0.3, -0.25) is 9.59 Å². The molecule has 1 aromatic carbocycles. The van der Waals surface area contributed by atoms with Crippen LogP contribution in [0.4, 0.5) is 5.69 Å². The van der Waals surface area contributed by atoms with Gasteiger partial charge < -0.3 is 5.32 Å². The highest BCUT2D eigenvalue weighted by Gasteiger charge is 2.08. The van der Waals surface area contributed by atoms with Gasteiger partial charge in [-0.15, -0.1) is 0 Å². The predicted octanol–water partition coefficient (Wildman–Crippen LogP) is 3.19. The smallest absolute Gasteiger partial charge is 0.224 e. The fourth-order valence-corrected chi connectivity index (χ4v) is 1.67. The first-order chi connectivity index (χ1) is 8.52. The van der Waals surface area contributed by atoms with Gasteiger partial charge in [0.1, 0.15) is 5.78 Å². The number of anilines is 1. The predicted molar refractivity (Wildman–Crippen MR) is 73.5 cm³/mol. The lowest BCUT2D eigenvalue weighted by atomic mass is 9.98. The van der Waals surface area contributed by atoms with E-state index in [1.807, 2.05) is 38.1 Å². The van der Waals surface area contributed by atoms with Crippen molar-refractivity contribution < 1.29 is 9.59 Å². The third kappa shape index (κ3) is 4.70. The summed E-state index contributed by atoms with van der Waals surface area (Å²) in [6.45, 7) is 5.52. The number of nitrogens with one attached hydrogen (secondary N) is 1. The summed E-state index contributed by atoms with van der Waals surface area (Å²) in [5.74, 6) is 0.295. The zero-order valence-corrected chi connectivity index (χ0v) is 11.3. The van der Waals surface area contributed by atoms with Crippen LogP contribution in [-0.2, 0) is 16.0 Å². The first kappa shape index (κ1) is 14.4. The third-order valence-corrected chi connectivity index (χ3v) is 2.95. The van der Waals surface area contributed by atoms with Crippen molar-refractivity contribution in [1.82, 2.24) is 0 Å². The Morgan fingerprint density at radius 1 is 1.22 bits per heavy atom. The highest BCUT2D eigenvalue weighted by molar-refractivity contribution is 5.90. The van der Waals surface area contributed by atoms with Crippen LogP contribution in [0.5, 0.6) is 0 Å². The highest BCUT2D eigenvalue weighted by Crippen LogP contribution is 2.14. The number of hydrogen-bond donors (Lipinski definition) is 1. The molecule has 0 radical (unpaired) electrons. The van der Waals surface area contributed by atoms with Crippen LogP contribution in [0.25, 0.3) is 0 Å². The average molecular weight is 247 g/mol. The maximum atomic E-state index is 11.4. The lowest BCUT2D eigenvalue weighted by Crippen LogP contribution is -2.11. The Hall–Kier alpha value is -1.64. The van der Waals surface area contributed by atoms with Gasteiger partial charge >= 0.3 is 0 Å². The van der Waals surface area contributed by atoms with Crippen LogP contribution in [0.1, 0.15) is 39.2 Å². The van der Waals surface area contributed by atoms with Crippen molar-refractivity contribution in [3.05, 3.63) is 29.8 Å². The van der Waals surface area contributed by atoms with Crippen molar-refractivity contribution in [3.63, 3.8) is 0 Å². The molecule has 0 fully saturated rings. The van der Waals surface area contributed by atoms with E-state index in [1.54, 1.807) is 6.92 Å². The Bertz CT molecular complexity index is 409. The van der Waals surface area contributed by atoms with Gasteiger partial charge in [-0.1, -0.05) is 26.0 Å². The summed E-state index contributed by atoms with van der Waals surface area (Å²) in [5, 5.41) is 2.84. The number of ketones is 1. The maximum Gasteiger partial charge on any atom is 0.224 e. The Balaban J connectivity index is 2.57. The minimum Gasteiger partial charge on any atom is -0.326 e. The van der Waals surface area contributed by atoms with Gasteiger partial charge in [0.25, 0.3) is 0 Å². The molecule has 0 aliphatic rings. The number of hydrogen-bond acceptors (Lipinski definition) is 2. The molecular weight excluding hydrogens is 226 g/mol. The molecule has 3 nitrogen and oxygen atoms in total. The summed E-state index contributed by atoms with van der Waals surface area (Å²) in [4.78, 5) is 22.6. The van der Waals surface area contributed by atoms with Gasteiger partial charge in [-0.25, -0.2) is 0 Å². The molecule has 1 amide bonds. The minimum absolute atomic E-state index is 0.0438. The Morgan fingerprint density at radius 2 is 1.83 bits per heavy atom. The van der Waals surface area contributed by atoms with Crippen LogP contribution in [0.2, 0.25) is 0 Å². The summed E-state index contributed by atoms with van der Waals surface area (Å²) in [7, 11) is 0. The number of carbonyl (C=O) groups is 2. The third-order valence-electron chi connectivity index (χ3n) is 2.95. The SMILES string of the molecule is CCCC(=O)Nc1ccc(C[C@H](C)C(C)=O)cc1. The second-order valence-corrected chi connectivity index (χ2v) is 4.71. The highest BCUT2D eigenvalue weighted by atomic mass is 16.1. The minimum atomic E-state index is 0.0438. The van der Waals surface area contributed by atoms with Crippen LogP contribution in [0.15, 0.2) is 24.3 Å². The molecule has 0 unspecified atom stereocenters. The van der Waals surface area contributed by atoms with Gasteiger partial charge in [-0.05, 0) is 37.5 Å². The number of rotatable bonds is 6. The van der Waals surface area contributed by atoms with Gasteiger partial charge in [0.05, 0.1) is 0 Å². The summed E-state index contributed by atoms with van der Waals surface area (Å²) in [5.41, 5.74) is 1.93. The molecule has 0 aliphatic heterocycles. The molecular formula is C15H21NO2. The topological polar surface area (TPSA) is 46.2 Å². The van der Waals surface area contributed by atoms with Crippen LogP contribution in [0, 0.1) is 5.92 Å². The molecule has 3 heteroatoms. The molecule has 98 valence electrons. The molecule has 18 heavy (non-hydrogen) atoms. The van der Waals surface area contributed by atoms with E-state index in [0.717, 1.165) is 24.1 Å². The first-order valence-electron chi connectivity index (χ1n) is 6.42. The van der Waals surface area contributed by atoms with Crippen molar-refractivity contribution in [3.8, 4) is 0 Å².